The number of benzene rings is 1. The van der Waals surface area contributed by atoms with Crippen LogP contribution in [-0.2, 0) is 22.5 Å². The Labute approximate surface area is 195 Å². The standard InChI is InChI=1S/C25H22N4O3S/c1-17(24(30)28-12-9-22-19(15-28)10-13-33-22)32-25(31)21-16-29(20-7-3-2-4-8-20)27-23(21)18-6-5-11-26-14-18/h2-8,10-11,13-14,16-17H,9,12,15H2,1H3. The van der Waals surface area contributed by atoms with Crippen LogP contribution in [0.15, 0.2) is 72.5 Å². The number of amides is 1. The van der Waals surface area contributed by atoms with Gasteiger partial charge >= 0.3 is 5.97 Å². The first kappa shape index (κ1) is 21.1. The van der Waals surface area contributed by atoms with E-state index in [1.54, 1.807) is 52.5 Å². The van der Waals surface area contributed by atoms with E-state index in [0.717, 1.165) is 12.1 Å². The van der Waals surface area contributed by atoms with Gasteiger partial charge in [0.2, 0.25) is 0 Å². The fourth-order valence-corrected chi connectivity index (χ4v) is 4.81. The van der Waals surface area contributed by atoms with Crippen molar-refractivity contribution in [2.75, 3.05) is 6.54 Å². The monoisotopic (exact) mass is 458 g/mol. The van der Waals surface area contributed by atoms with Crippen LogP contribution in [0.1, 0.15) is 27.7 Å². The molecule has 0 saturated carbocycles. The summed E-state index contributed by atoms with van der Waals surface area (Å²) < 4.78 is 7.26. The molecule has 5 rings (SSSR count). The van der Waals surface area contributed by atoms with Gasteiger partial charge in [0.25, 0.3) is 5.91 Å². The summed E-state index contributed by atoms with van der Waals surface area (Å²) in [4.78, 5) is 33.4. The average molecular weight is 459 g/mol. The summed E-state index contributed by atoms with van der Waals surface area (Å²) in [6.07, 6.45) is 4.87. The van der Waals surface area contributed by atoms with E-state index >= 15 is 0 Å². The van der Waals surface area contributed by atoms with Gasteiger partial charge in [-0.15, -0.1) is 11.3 Å². The molecule has 0 aliphatic carbocycles. The number of ether oxygens (including phenoxy) is 1. The van der Waals surface area contributed by atoms with Crippen molar-refractivity contribution in [3.8, 4) is 16.9 Å². The van der Waals surface area contributed by atoms with Gasteiger partial charge in [0.1, 0.15) is 11.3 Å². The number of carbonyl (C=O) groups is 2. The molecular weight excluding hydrogens is 436 g/mol. The second kappa shape index (κ2) is 8.99. The Kier molecular flexibility index (Phi) is 5.75. The van der Waals surface area contributed by atoms with Gasteiger partial charge in [-0.2, -0.15) is 5.10 Å². The molecule has 1 aromatic carbocycles. The number of esters is 1. The van der Waals surface area contributed by atoms with Crippen molar-refractivity contribution in [3.05, 3.63) is 88.5 Å². The number of rotatable bonds is 5. The van der Waals surface area contributed by atoms with Crippen LogP contribution in [0.4, 0.5) is 0 Å². The lowest BCUT2D eigenvalue weighted by atomic mass is 10.1. The molecule has 4 aromatic rings. The highest BCUT2D eigenvalue weighted by Gasteiger charge is 2.29. The van der Waals surface area contributed by atoms with E-state index in [-0.39, 0.29) is 11.5 Å². The lowest BCUT2D eigenvalue weighted by Crippen LogP contribution is -2.42. The molecule has 1 amide bonds. The van der Waals surface area contributed by atoms with Crippen molar-refractivity contribution < 1.29 is 14.3 Å². The minimum atomic E-state index is -0.903. The number of aromatic nitrogens is 3. The normalized spacial score (nSPS) is 13.9. The predicted octanol–water partition coefficient (Wildman–Crippen LogP) is 4.13. The largest absolute Gasteiger partial charge is 0.449 e. The lowest BCUT2D eigenvalue weighted by molar-refractivity contribution is -0.140. The molecule has 4 heterocycles. The second-order valence-corrected chi connectivity index (χ2v) is 8.84. The summed E-state index contributed by atoms with van der Waals surface area (Å²) >= 11 is 1.72. The second-order valence-electron chi connectivity index (χ2n) is 7.84. The van der Waals surface area contributed by atoms with Crippen LogP contribution in [0.5, 0.6) is 0 Å². The summed E-state index contributed by atoms with van der Waals surface area (Å²) in [7, 11) is 0. The van der Waals surface area contributed by atoms with E-state index in [1.165, 1.54) is 10.4 Å². The first-order valence-corrected chi connectivity index (χ1v) is 11.6. The van der Waals surface area contributed by atoms with Crippen molar-refractivity contribution in [1.82, 2.24) is 19.7 Å². The Morgan fingerprint density at radius 3 is 2.76 bits per heavy atom. The van der Waals surface area contributed by atoms with Gasteiger partial charge in [-0.3, -0.25) is 9.78 Å². The number of nitrogens with zero attached hydrogens (tertiary/aromatic N) is 4. The highest BCUT2D eigenvalue weighted by molar-refractivity contribution is 7.10. The molecular formula is C25H22N4O3S. The molecule has 1 aliphatic rings. The highest BCUT2D eigenvalue weighted by atomic mass is 32.1. The summed E-state index contributed by atoms with van der Waals surface area (Å²) in [6, 6.07) is 15.2. The first-order chi connectivity index (χ1) is 16.1. The van der Waals surface area contributed by atoms with Crippen molar-refractivity contribution in [2.45, 2.75) is 26.0 Å². The number of hydrogen-bond acceptors (Lipinski definition) is 6. The van der Waals surface area contributed by atoms with E-state index in [4.69, 9.17) is 4.74 Å². The number of carbonyl (C=O) groups excluding carboxylic acids is 2. The van der Waals surface area contributed by atoms with E-state index in [0.29, 0.717) is 24.3 Å². The third kappa shape index (κ3) is 4.29. The Morgan fingerprint density at radius 1 is 1.12 bits per heavy atom. The van der Waals surface area contributed by atoms with Crippen LogP contribution >= 0.6 is 11.3 Å². The molecule has 1 unspecified atom stereocenters. The van der Waals surface area contributed by atoms with E-state index < -0.39 is 12.1 Å². The van der Waals surface area contributed by atoms with Crippen LogP contribution in [0.3, 0.4) is 0 Å². The maximum atomic E-state index is 13.2. The number of pyridine rings is 1. The van der Waals surface area contributed by atoms with Crippen molar-refractivity contribution in [1.29, 1.82) is 0 Å². The molecule has 3 aromatic heterocycles. The number of fused-ring (bicyclic) bond motifs is 1. The molecule has 0 N–H and O–H groups in total. The molecule has 33 heavy (non-hydrogen) atoms. The van der Waals surface area contributed by atoms with E-state index in [1.807, 2.05) is 47.8 Å². The van der Waals surface area contributed by atoms with Gasteiger partial charge in [-0.05, 0) is 54.6 Å². The van der Waals surface area contributed by atoms with Gasteiger partial charge < -0.3 is 9.64 Å². The summed E-state index contributed by atoms with van der Waals surface area (Å²) in [5.74, 6) is -0.788. The van der Waals surface area contributed by atoms with Crippen LogP contribution < -0.4 is 0 Å². The van der Waals surface area contributed by atoms with E-state index in [9.17, 15) is 9.59 Å². The third-order valence-corrected chi connectivity index (χ3v) is 6.66. The van der Waals surface area contributed by atoms with E-state index in [2.05, 4.69) is 10.1 Å². The molecule has 0 spiro atoms. The molecule has 166 valence electrons. The number of thiophene rings is 1. The molecule has 1 atom stereocenters. The maximum Gasteiger partial charge on any atom is 0.342 e. The maximum absolute atomic E-state index is 13.2. The zero-order chi connectivity index (χ0) is 22.8. The van der Waals surface area contributed by atoms with Crippen LogP contribution in [0.2, 0.25) is 0 Å². The van der Waals surface area contributed by atoms with Crippen LogP contribution in [0, 0.1) is 0 Å². The lowest BCUT2D eigenvalue weighted by Gasteiger charge is -2.29. The topological polar surface area (TPSA) is 77.3 Å². The zero-order valence-corrected chi connectivity index (χ0v) is 18.9. The van der Waals surface area contributed by atoms with Crippen LogP contribution in [-0.4, -0.2) is 44.2 Å². The quantitative estimate of drug-likeness (QED) is 0.421. The van der Waals surface area contributed by atoms with Crippen LogP contribution in [0.25, 0.3) is 16.9 Å². The number of hydrogen-bond donors (Lipinski definition) is 0. The zero-order valence-electron chi connectivity index (χ0n) is 18.0. The summed E-state index contributed by atoms with van der Waals surface area (Å²) in [5, 5.41) is 6.66. The molecule has 7 nitrogen and oxygen atoms in total. The Morgan fingerprint density at radius 2 is 1.97 bits per heavy atom. The fraction of sp³-hybridized carbons (Fsp3) is 0.200. The SMILES string of the molecule is CC(OC(=O)c1cn(-c2ccccc2)nc1-c1cccnc1)C(=O)N1CCc2sccc2C1. The average Bonchev–Trinajstić information content (AvgIpc) is 3.51. The molecule has 1 aliphatic heterocycles. The number of para-hydroxylation sites is 1. The van der Waals surface area contributed by atoms with Gasteiger partial charge in [-0.1, -0.05) is 18.2 Å². The van der Waals surface area contributed by atoms with Crippen molar-refractivity contribution in [2.24, 2.45) is 0 Å². The minimum absolute atomic E-state index is 0.196. The molecule has 8 heteroatoms. The minimum Gasteiger partial charge on any atom is -0.449 e. The van der Waals surface area contributed by atoms with Gasteiger partial charge in [0.05, 0.1) is 5.69 Å². The van der Waals surface area contributed by atoms with Gasteiger partial charge in [0.15, 0.2) is 6.10 Å². The Hall–Kier alpha value is -3.78. The van der Waals surface area contributed by atoms with Gasteiger partial charge in [0, 0.05) is 42.1 Å². The molecule has 0 bridgehead atoms. The molecule has 0 fully saturated rings. The fourth-order valence-electron chi connectivity index (χ4n) is 3.92. The summed E-state index contributed by atoms with van der Waals surface area (Å²) in [5.41, 5.74) is 3.41. The Balaban J connectivity index is 1.38. The highest BCUT2D eigenvalue weighted by Crippen LogP contribution is 2.26. The van der Waals surface area contributed by atoms with Crippen molar-refractivity contribution >= 4 is 23.2 Å². The summed E-state index contributed by atoms with van der Waals surface area (Å²) in [6.45, 7) is 2.79. The molecule has 0 radical (unpaired) electrons. The Bertz CT molecular complexity index is 1280. The smallest absolute Gasteiger partial charge is 0.342 e. The first-order valence-electron chi connectivity index (χ1n) is 10.7. The van der Waals surface area contributed by atoms with Gasteiger partial charge in [-0.25, -0.2) is 9.48 Å². The molecule has 0 saturated heterocycles. The van der Waals surface area contributed by atoms with Crippen molar-refractivity contribution in [3.63, 3.8) is 0 Å². The third-order valence-electron chi connectivity index (χ3n) is 5.64. The predicted molar refractivity (Wildman–Crippen MR) is 125 cm³/mol.